The van der Waals surface area contributed by atoms with Crippen LogP contribution < -0.4 is 11.1 Å². The Morgan fingerprint density at radius 3 is 2.85 bits per heavy atom. The number of nitrogens with zero attached hydrogens (tertiary/aromatic N) is 1. The van der Waals surface area contributed by atoms with Gasteiger partial charge in [-0.05, 0) is 6.92 Å². The van der Waals surface area contributed by atoms with Gasteiger partial charge in [-0.15, -0.1) is 0 Å². The first-order valence-electron chi connectivity index (χ1n) is 3.57. The second-order valence-electron chi connectivity index (χ2n) is 2.34. The van der Waals surface area contributed by atoms with Gasteiger partial charge in [0.25, 0.3) is 5.91 Å². The monoisotopic (exact) mass is 187 g/mol. The van der Waals surface area contributed by atoms with Crippen LogP contribution in [-0.4, -0.2) is 35.3 Å². The maximum absolute atomic E-state index is 11.0. The van der Waals surface area contributed by atoms with Crippen LogP contribution in [0.15, 0.2) is 4.99 Å². The highest BCUT2D eigenvalue weighted by atomic mass is 16.6. The van der Waals surface area contributed by atoms with Gasteiger partial charge in [-0.25, -0.2) is 4.79 Å². The fraction of sp³-hybridized carbons (Fsp3) is 0.500. The molecular formula is C6H9N3O4. The van der Waals surface area contributed by atoms with Crippen molar-refractivity contribution in [1.29, 1.82) is 0 Å². The van der Waals surface area contributed by atoms with Crippen LogP contribution in [0.2, 0.25) is 0 Å². The second-order valence-corrected chi connectivity index (χ2v) is 2.34. The number of amides is 1. The molecule has 1 atom stereocenters. The largest absolute Gasteiger partial charge is 0.462 e. The highest BCUT2D eigenvalue weighted by molar-refractivity contribution is 6.16. The summed E-state index contributed by atoms with van der Waals surface area (Å²) < 4.78 is 4.44. The number of hydrogen-bond acceptors (Lipinski definition) is 6. The zero-order valence-electron chi connectivity index (χ0n) is 6.90. The van der Waals surface area contributed by atoms with E-state index in [2.05, 4.69) is 9.73 Å². The summed E-state index contributed by atoms with van der Waals surface area (Å²) >= 11 is 0. The summed E-state index contributed by atoms with van der Waals surface area (Å²) in [7, 11) is 0. The lowest BCUT2D eigenvalue weighted by molar-refractivity contribution is -0.168. The summed E-state index contributed by atoms with van der Waals surface area (Å²) in [4.78, 5) is 25.2. The van der Waals surface area contributed by atoms with Crippen LogP contribution in [0.4, 0.5) is 0 Å². The summed E-state index contributed by atoms with van der Waals surface area (Å²) in [5, 5.41) is 11.4. The van der Waals surface area contributed by atoms with Crippen molar-refractivity contribution in [3.63, 3.8) is 0 Å². The number of nitrogens with one attached hydrogen (secondary N) is 1. The normalized spacial score (nSPS) is 26.6. The molecule has 0 aromatic rings. The first kappa shape index (κ1) is 9.46. The quantitative estimate of drug-likeness (QED) is 0.331. The lowest BCUT2D eigenvalue weighted by Gasteiger charge is -2.13. The second kappa shape index (κ2) is 3.02. The van der Waals surface area contributed by atoms with Gasteiger partial charge in [-0.1, -0.05) is 0 Å². The third kappa shape index (κ3) is 1.45. The molecule has 72 valence electrons. The van der Waals surface area contributed by atoms with Crippen molar-refractivity contribution in [3.05, 3.63) is 0 Å². The first-order chi connectivity index (χ1) is 6.00. The number of esters is 1. The predicted octanol–water partition coefficient (Wildman–Crippen LogP) is -2.32. The summed E-state index contributed by atoms with van der Waals surface area (Å²) in [6, 6.07) is 0. The molecule has 0 radical (unpaired) electrons. The Labute approximate surface area is 73.6 Å². The molecule has 1 unspecified atom stereocenters. The molecule has 7 nitrogen and oxygen atoms in total. The number of aliphatic hydroxyl groups is 1. The topological polar surface area (TPSA) is 114 Å². The number of rotatable bonds is 2. The third-order valence-electron chi connectivity index (χ3n) is 1.40. The minimum atomic E-state index is -2.51. The molecule has 1 heterocycles. The Balaban J connectivity index is 2.87. The third-order valence-corrected chi connectivity index (χ3v) is 1.40. The lowest BCUT2D eigenvalue weighted by atomic mass is 10.2. The van der Waals surface area contributed by atoms with Crippen LogP contribution >= 0.6 is 0 Å². The van der Waals surface area contributed by atoms with E-state index < -0.39 is 17.6 Å². The van der Waals surface area contributed by atoms with Gasteiger partial charge in [-0.3, -0.25) is 10.1 Å². The van der Waals surface area contributed by atoms with Crippen molar-refractivity contribution < 1.29 is 19.4 Å². The minimum Gasteiger partial charge on any atom is -0.462 e. The number of guanidine groups is 1. The van der Waals surface area contributed by atoms with Crippen molar-refractivity contribution in [2.75, 3.05) is 6.61 Å². The molecule has 0 aromatic heterocycles. The Morgan fingerprint density at radius 1 is 1.85 bits per heavy atom. The van der Waals surface area contributed by atoms with E-state index in [1.165, 1.54) is 0 Å². The molecule has 0 saturated carbocycles. The van der Waals surface area contributed by atoms with Crippen molar-refractivity contribution in [1.82, 2.24) is 5.32 Å². The fourth-order valence-corrected chi connectivity index (χ4v) is 0.827. The van der Waals surface area contributed by atoms with Gasteiger partial charge in [-0.2, -0.15) is 4.99 Å². The molecule has 0 saturated heterocycles. The van der Waals surface area contributed by atoms with Crippen LogP contribution in [0.3, 0.4) is 0 Å². The molecule has 0 spiro atoms. The molecule has 1 aliphatic rings. The van der Waals surface area contributed by atoms with Crippen molar-refractivity contribution in [3.8, 4) is 0 Å². The summed E-state index contributed by atoms with van der Waals surface area (Å²) in [5.74, 6) is -2.43. The SMILES string of the molecule is CCOC(=O)C1(O)N=C(N)NC1=O. The minimum absolute atomic E-state index is 0.0455. The zero-order valence-corrected chi connectivity index (χ0v) is 6.90. The van der Waals surface area contributed by atoms with E-state index in [1.807, 2.05) is 5.32 Å². The van der Waals surface area contributed by atoms with Crippen molar-refractivity contribution >= 4 is 17.8 Å². The number of aliphatic imine (C=N–C) groups is 1. The van der Waals surface area contributed by atoms with E-state index in [-0.39, 0.29) is 12.6 Å². The maximum Gasteiger partial charge on any atom is 0.372 e. The molecule has 1 amide bonds. The Bertz CT molecular complexity index is 288. The lowest BCUT2D eigenvalue weighted by Crippen LogP contribution is -2.47. The number of carbonyl (C=O) groups is 2. The molecule has 0 aliphatic carbocycles. The number of nitrogens with two attached hydrogens (primary N) is 1. The van der Waals surface area contributed by atoms with E-state index >= 15 is 0 Å². The maximum atomic E-state index is 11.0. The number of ether oxygens (including phenoxy) is 1. The molecule has 13 heavy (non-hydrogen) atoms. The highest BCUT2D eigenvalue weighted by Crippen LogP contribution is 2.13. The summed E-state index contributed by atoms with van der Waals surface area (Å²) in [6.07, 6.45) is 0. The molecule has 0 bridgehead atoms. The predicted molar refractivity (Wildman–Crippen MR) is 41.3 cm³/mol. The first-order valence-corrected chi connectivity index (χ1v) is 3.57. The van der Waals surface area contributed by atoms with Crippen molar-refractivity contribution in [2.45, 2.75) is 12.6 Å². The summed E-state index contributed by atoms with van der Waals surface area (Å²) in [5.41, 5.74) is 2.57. The average Bonchev–Trinajstić information content (AvgIpc) is 2.28. The summed E-state index contributed by atoms with van der Waals surface area (Å²) in [6.45, 7) is 1.59. The van der Waals surface area contributed by atoms with Crippen LogP contribution in [0.5, 0.6) is 0 Å². The molecule has 0 aromatic carbocycles. The van der Waals surface area contributed by atoms with Gasteiger partial charge in [0, 0.05) is 0 Å². The highest BCUT2D eigenvalue weighted by Gasteiger charge is 2.50. The number of hydrogen-bond donors (Lipinski definition) is 3. The van der Waals surface area contributed by atoms with E-state index in [4.69, 9.17) is 5.73 Å². The van der Waals surface area contributed by atoms with Crippen molar-refractivity contribution in [2.24, 2.45) is 10.7 Å². The Hall–Kier alpha value is -1.63. The van der Waals surface area contributed by atoms with Crippen LogP contribution in [0.25, 0.3) is 0 Å². The van der Waals surface area contributed by atoms with Crippen LogP contribution in [0.1, 0.15) is 6.92 Å². The molecule has 7 heteroatoms. The Morgan fingerprint density at radius 2 is 2.46 bits per heavy atom. The van der Waals surface area contributed by atoms with E-state index in [0.717, 1.165) is 0 Å². The molecular weight excluding hydrogens is 178 g/mol. The fourth-order valence-electron chi connectivity index (χ4n) is 0.827. The van der Waals surface area contributed by atoms with Gasteiger partial charge >= 0.3 is 11.7 Å². The molecule has 1 rings (SSSR count). The van der Waals surface area contributed by atoms with Crippen LogP contribution in [-0.2, 0) is 14.3 Å². The Kier molecular flexibility index (Phi) is 2.20. The van der Waals surface area contributed by atoms with E-state index in [0.29, 0.717) is 0 Å². The standard InChI is InChI=1S/C6H9N3O4/c1-2-13-4(11)6(12)3(10)8-5(7)9-6/h12H,2H2,1H3,(H3,7,8,9,10). The van der Waals surface area contributed by atoms with Gasteiger partial charge in [0.05, 0.1) is 6.61 Å². The smallest absolute Gasteiger partial charge is 0.372 e. The van der Waals surface area contributed by atoms with Gasteiger partial charge in [0.2, 0.25) is 0 Å². The van der Waals surface area contributed by atoms with Crippen LogP contribution in [0, 0.1) is 0 Å². The molecule has 1 aliphatic heterocycles. The van der Waals surface area contributed by atoms with E-state index in [9.17, 15) is 14.7 Å². The zero-order chi connectivity index (χ0) is 10.1. The van der Waals surface area contributed by atoms with Gasteiger partial charge in [0.1, 0.15) is 0 Å². The van der Waals surface area contributed by atoms with Gasteiger partial charge < -0.3 is 15.6 Å². The number of carbonyl (C=O) groups excluding carboxylic acids is 2. The molecule has 4 N–H and O–H groups in total. The average molecular weight is 187 g/mol. The van der Waals surface area contributed by atoms with Gasteiger partial charge in [0.15, 0.2) is 5.96 Å². The molecule has 0 fully saturated rings. The van der Waals surface area contributed by atoms with E-state index in [1.54, 1.807) is 6.92 Å².